The zero-order valence-corrected chi connectivity index (χ0v) is 18.4. The SMILES string of the molecule is CC(=O)OC(C)Cc1c(C(=O)O)ccc(-c2ccc(C(=O)O)cc2)c1C[C@H](C)OC(C)=O. The highest BCUT2D eigenvalue weighted by atomic mass is 16.5. The van der Waals surface area contributed by atoms with Crippen molar-refractivity contribution in [1.29, 1.82) is 0 Å². The molecule has 0 saturated carbocycles. The predicted octanol–water partition coefficient (Wildman–Crippen LogP) is 3.74. The minimum absolute atomic E-state index is 0.0555. The van der Waals surface area contributed by atoms with Crippen LogP contribution in [0.25, 0.3) is 11.1 Å². The maximum atomic E-state index is 12.0. The van der Waals surface area contributed by atoms with Crippen LogP contribution in [0.4, 0.5) is 0 Å². The van der Waals surface area contributed by atoms with Gasteiger partial charge >= 0.3 is 23.9 Å². The van der Waals surface area contributed by atoms with Crippen molar-refractivity contribution in [2.24, 2.45) is 0 Å². The first-order valence-electron chi connectivity index (χ1n) is 10.1. The van der Waals surface area contributed by atoms with E-state index < -0.39 is 36.1 Å². The summed E-state index contributed by atoms with van der Waals surface area (Å²) in [6.45, 7) is 5.93. The maximum absolute atomic E-state index is 12.0. The third kappa shape index (κ3) is 6.41. The number of carbonyl (C=O) groups excluding carboxylic acids is 2. The Hall–Kier alpha value is -3.68. The number of aromatic carboxylic acids is 2. The van der Waals surface area contributed by atoms with Crippen molar-refractivity contribution in [3.05, 3.63) is 58.7 Å². The summed E-state index contributed by atoms with van der Waals surface area (Å²) in [4.78, 5) is 46.0. The molecule has 8 heteroatoms. The van der Waals surface area contributed by atoms with Crippen LogP contribution in [0.3, 0.4) is 0 Å². The van der Waals surface area contributed by atoms with Crippen molar-refractivity contribution < 1.29 is 38.9 Å². The summed E-state index contributed by atoms with van der Waals surface area (Å²) >= 11 is 0. The molecule has 2 aromatic rings. The highest BCUT2D eigenvalue weighted by molar-refractivity contribution is 5.92. The molecule has 2 rings (SSSR count). The lowest BCUT2D eigenvalue weighted by Crippen LogP contribution is -2.21. The van der Waals surface area contributed by atoms with E-state index in [0.717, 1.165) is 0 Å². The molecule has 0 aliphatic rings. The van der Waals surface area contributed by atoms with Crippen LogP contribution in [0.2, 0.25) is 0 Å². The molecule has 0 bridgehead atoms. The van der Waals surface area contributed by atoms with Gasteiger partial charge in [0, 0.05) is 26.7 Å². The van der Waals surface area contributed by atoms with Crippen LogP contribution >= 0.6 is 0 Å². The van der Waals surface area contributed by atoms with Crippen LogP contribution in [-0.4, -0.2) is 46.3 Å². The predicted molar refractivity (Wildman–Crippen MR) is 116 cm³/mol. The third-order valence-electron chi connectivity index (χ3n) is 4.82. The molecule has 2 aromatic carbocycles. The van der Waals surface area contributed by atoms with Crippen LogP contribution in [0.1, 0.15) is 59.5 Å². The van der Waals surface area contributed by atoms with Gasteiger partial charge in [-0.2, -0.15) is 0 Å². The van der Waals surface area contributed by atoms with Crippen molar-refractivity contribution in [2.45, 2.75) is 52.7 Å². The summed E-state index contributed by atoms with van der Waals surface area (Å²) in [6.07, 6.45) is -0.766. The Morgan fingerprint density at radius 1 is 0.750 bits per heavy atom. The first kappa shape index (κ1) is 24.6. The number of rotatable bonds is 9. The minimum atomic E-state index is -1.14. The molecule has 0 radical (unpaired) electrons. The normalized spacial score (nSPS) is 12.5. The van der Waals surface area contributed by atoms with E-state index in [1.165, 1.54) is 32.0 Å². The van der Waals surface area contributed by atoms with Crippen LogP contribution in [0.5, 0.6) is 0 Å². The zero-order chi connectivity index (χ0) is 24.0. The Morgan fingerprint density at radius 3 is 1.69 bits per heavy atom. The van der Waals surface area contributed by atoms with Crippen LogP contribution in [0, 0.1) is 0 Å². The third-order valence-corrected chi connectivity index (χ3v) is 4.82. The van der Waals surface area contributed by atoms with Gasteiger partial charge in [0.05, 0.1) is 11.1 Å². The molecule has 2 atom stereocenters. The molecule has 0 aliphatic carbocycles. The first-order valence-corrected chi connectivity index (χ1v) is 10.1. The highest BCUT2D eigenvalue weighted by Crippen LogP contribution is 2.32. The molecule has 2 N–H and O–H groups in total. The van der Waals surface area contributed by atoms with Crippen molar-refractivity contribution >= 4 is 23.9 Å². The van der Waals surface area contributed by atoms with Gasteiger partial charge in [-0.1, -0.05) is 18.2 Å². The fraction of sp³-hybridized carbons (Fsp3) is 0.333. The van der Waals surface area contributed by atoms with Gasteiger partial charge in [-0.15, -0.1) is 0 Å². The summed E-state index contributed by atoms with van der Waals surface area (Å²) in [7, 11) is 0. The van der Waals surface area contributed by atoms with E-state index >= 15 is 0 Å². The largest absolute Gasteiger partial charge is 0.478 e. The standard InChI is InChI=1S/C24H26O8/c1-13(31-15(3)25)11-21-19(17-5-7-18(8-6-17)23(27)28)9-10-20(24(29)30)22(21)12-14(2)32-16(4)26/h5-10,13-14H,11-12H2,1-4H3,(H,27,28)(H,29,30)/t13-,14?/m0/s1. The number of hydrogen-bond acceptors (Lipinski definition) is 6. The zero-order valence-electron chi connectivity index (χ0n) is 18.4. The summed E-state index contributed by atoms with van der Waals surface area (Å²) in [5, 5.41) is 18.9. The van der Waals surface area contributed by atoms with E-state index in [4.69, 9.17) is 14.6 Å². The molecule has 0 fully saturated rings. The van der Waals surface area contributed by atoms with Gasteiger partial charge in [0.1, 0.15) is 12.2 Å². The summed E-state index contributed by atoms with van der Waals surface area (Å²) < 4.78 is 10.5. The van der Waals surface area contributed by atoms with Gasteiger partial charge in [0.15, 0.2) is 0 Å². The molecule has 0 aromatic heterocycles. The van der Waals surface area contributed by atoms with E-state index in [2.05, 4.69) is 0 Å². The van der Waals surface area contributed by atoms with Gasteiger partial charge in [0.2, 0.25) is 0 Å². The first-order chi connectivity index (χ1) is 15.0. The van der Waals surface area contributed by atoms with Gasteiger partial charge in [0.25, 0.3) is 0 Å². The lowest BCUT2D eigenvalue weighted by atomic mass is 9.86. The maximum Gasteiger partial charge on any atom is 0.335 e. The second kappa shape index (κ2) is 10.6. The molecule has 1 unspecified atom stereocenters. The summed E-state index contributed by atoms with van der Waals surface area (Å²) in [5.41, 5.74) is 2.62. The molecule has 8 nitrogen and oxygen atoms in total. The lowest BCUT2D eigenvalue weighted by Gasteiger charge is -2.22. The Labute approximate surface area is 185 Å². The molecule has 32 heavy (non-hydrogen) atoms. The van der Waals surface area contributed by atoms with Crippen LogP contribution in [-0.2, 0) is 31.9 Å². The molecule has 0 aliphatic heterocycles. The second-order valence-electron chi connectivity index (χ2n) is 7.55. The highest BCUT2D eigenvalue weighted by Gasteiger charge is 2.23. The Balaban J connectivity index is 2.66. The van der Waals surface area contributed by atoms with E-state index in [-0.39, 0.29) is 24.0 Å². The average molecular weight is 442 g/mol. The number of ether oxygens (including phenoxy) is 2. The van der Waals surface area contributed by atoms with Crippen molar-refractivity contribution in [3.8, 4) is 11.1 Å². The lowest BCUT2D eigenvalue weighted by molar-refractivity contribution is -0.146. The Kier molecular flexibility index (Phi) is 8.12. The minimum Gasteiger partial charge on any atom is -0.478 e. The molecular weight excluding hydrogens is 416 g/mol. The van der Waals surface area contributed by atoms with E-state index in [1.54, 1.807) is 32.0 Å². The number of esters is 2. The van der Waals surface area contributed by atoms with E-state index in [1.807, 2.05) is 0 Å². The van der Waals surface area contributed by atoms with Gasteiger partial charge in [-0.3, -0.25) is 9.59 Å². The van der Waals surface area contributed by atoms with Gasteiger partial charge < -0.3 is 19.7 Å². The summed E-state index contributed by atoms with van der Waals surface area (Å²) in [6, 6.07) is 9.32. The average Bonchev–Trinajstić information content (AvgIpc) is 2.67. The van der Waals surface area contributed by atoms with Gasteiger partial charge in [-0.05, 0) is 54.3 Å². The van der Waals surface area contributed by atoms with Crippen molar-refractivity contribution in [3.63, 3.8) is 0 Å². The molecule has 0 saturated heterocycles. The number of carboxylic acids is 2. The topological polar surface area (TPSA) is 127 Å². The van der Waals surface area contributed by atoms with Gasteiger partial charge in [-0.25, -0.2) is 9.59 Å². The van der Waals surface area contributed by atoms with E-state index in [9.17, 15) is 24.3 Å². The monoisotopic (exact) mass is 442 g/mol. The smallest absolute Gasteiger partial charge is 0.335 e. The Morgan fingerprint density at radius 2 is 1.25 bits per heavy atom. The van der Waals surface area contributed by atoms with Crippen LogP contribution in [0.15, 0.2) is 36.4 Å². The second-order valence-corrected chi connectivity index (χ2v) is 7.55. The molecule has 0 spiro atoms. The van der Waals surface area contributed by atoms with Crippen molar-refractivity contribution in [2.75, 3.05) is 0 Å². The van der Waals surface area contributed by atoms with Crippen LogP contribution < -0.4 is 0 Å². The molecular formula is C24H26O8. The number of hydrogen-bond donors (Lipinski definition) is 2. The van der Waals surface area contributed by atoms with Crippen molar-refractivity contribution in [1.82, 2.24) is 0 Å². The number of benzene rings is 2. The number of carbonyl (C=O) groups is 4. The number of carboxylic acid groups (broad SMARTS) is 2. The molecule has 0 amide bonds. The molecule has 170 valence electrons. The quantitative estimate of drug-likeness (QED) is 0.562. The Bertz CT molecular complexity index is 1020. The fourth-order valence-electron chi connectivity index (χ4n) is 3.65. The fourth-order valence-corrected chi connectivity index (χ4v) is 3.65. The molecule has 0 heterocycles. The summed E-state index contributed by atoms with van der Waals surface area (Å²) in [5.74, 6) is -3.14. The van der Waals surface area contributed by atoms with E-state index in [0.29, 0.717) is 22.3 Å².